The number of rotatable bonds is 6. The average Bonchev–Trinajstić information content (AvgIpc) is 2.66. The fourth-order valence-corrected chi connectivity index (χ4v) is 3.51. The van der Waals surface area contributed by atoms with E-state index in [4.69, 9.17) is 4.98 Å². The summed E-state index contributed by atoms with van der Waals surface area (Å²) in [6.07, 6.45) is 2.92. The van der Waals surface area contributed by atoms with Crippen molar-refractivity contribution in [2.75, 3.05) is 5.75 Å². The Hall–Kier alpha value is -2.33. The van der Waals surface area contributed by atoms with E-state index in [0.29, 0.717) is 22.2 Å². The fourth-order valence-electron chi connectivity index (χ4n) is 2.76. The fraction of sp³-hybridized carbons (Fsp3) is 0.238. The number of fused-ring (bicyclic) bond motifs is 1. The van der Waals surface area contributed by atoms with Crippen molar-refractivity contribution in [2.45, 2.75) is 31.3 Å². The smallest absolute Gasteiger partial charge is 0.266 e. The van der Waals surface area contributed by atoms with E-state index >= 15 is 0 Å². The second kappa shape index (κ2) is 7.70. The van der Waals surface area contributed by atoms with Crippen molar-refractivity contribution in [2.24, 2.45) is 0 Å². The van der Waals surface area contributed by atoms with Gasteiger partial charge in [0.25, 0.3) is 5.56 Å². The summed E-state index contributed by atoms with van der Waals surface area (Å²) in [5, 5.41) is 1.33. The molecular formula is C21H22N2OS. The third kappa shape index (κ3) is 3.54. The molecule has 0 saturated heterocycles. The van der Waals surface area contributed by atoms with Gasteiger partial charge in [0.15, 0.2) is 5.16 Å². The van der Waals surface area contributed by atoms with Crippen LogP contribution in [0.25, 0.3) is 16.6 Å². The lowest BCUT2D eigenvalue weighted by Crippen LogP contribution is -2.21. The summed E-state index contributed by atoms with van der Waals surface area (Å²) in [6, 6.07) is 15.7. The van der Waals surface area contributed by atoms with E-state index in [0.717, 1.165) is 17.6 Å². The molecule has 0 amide bonds. The Morgan fingerprint density at radius 3 is 2.60 bits per heavy atom. The topological polar surface area (TPSA) is 34.9 Å². The summed E-state index contributed by atoms with van der Waals surface area (Å²) in [6.45, 7) is 8.16. The highest BCUT2D eigenvalue weighted by atomic mass is 32.2. The number of hydrogen-bond donors (Lipinski definition) is 0. The quantitative estimate of drug-likeness (QED) is 0.349. The van der Waals surface area contributed by atoms with E-state index in [-0.39, 0.29) is 5.56 Å². The number of aromatic nitrogens is 2. The minimum absolute atomic E-state index is 0.0338. The summed E-state index contributed by atoms with van der Waals surface area (Å²) in [4.78, 5) is 17.8. The average molecular weight is 350 g/mol. The molecule has 3 rings (SSSR count). The van der Waals surface area contributed by atoms with E-state index in [1.807, 2.05) is 42.5 Å². The SMILES string of the molecule is C=CCSc1nc2ccccc2c(=O)n1-c1ccc([C@@H](C)CC)cc1. The molecule has 0 aliphatic rings. The number of nitrogens with zero attached hydrogens (tertiary/aromatic N) is 2. The second-order valence-corrected chi connectivity index (χ2v) is 7.04. The number of thioether (sulfide) groups is 1. The predicted octanol–water partition coefficient (Wildman–Crippen LogP) is 5.18. The molecule has 0 fully saturated rings. The molecule has 1 heterocycles. The van der Waals surface area contributed by atoms with Gasteiger partial charge in [-0.3, -0.25) is 9.36 Å². The molecule has 0 aliphatic heterocycles. The zero-order chi connectivity index (χ0) is 17.8. The van der Waals surface area contributed by atoms with Gasteiger partial charge in [-0.15, -0.1) is 6.58 Å². The molecule has 0 spiro atoms. The van der Waals surface area contributed by atoms with E-state index in [2.05, 4.69) is 32.6 Å². The van der Waals surface area contributed by atoms with Gasteiger partial charge in [-0.05, 0) is 42.2 Å². The Kier molecular flexibility index (Phi) is 5.39. The van der Waals surface area contributed by atoms with Crippen LogP contribution in [-0.2, 0) is 0 Å². The molecule has 128 valence electrons. The van der Waals surface area contributed by atoms with E-state index in [9.17, 15) is 4.79 Å². The minimum Gasteiger partial charge on any atom is -0.268 e. The maximum Gasteiger partial charge on any atom is 0.266 e. The monoisotopic (exact) mass is 350 g/mol. The zero-order valence-electron chi connectivity index (χ0n) is 14.6. The summed E-state index contributed by atoms with van der Waals surface area (Å²) in [5.41, 5.74) is 2.83. The third-order valence-electron chi connectivity index (χ3n) is 4.41. The van der Waals surface area contributed by atoms with Crippen LogP contribution in [0.3, 0.4) is 0 Å². The molecule has 1 aromatic heterocycles. The van der Waals surface area contributed by atoms with E-state index < -0.39 is 0 Å². The van der Waals surface area contributed by atoms with Crippen LogP contribution in [-0.4, -0.2) is 15.3 Å². The van der Waals surface area contributed by atoms with E-state index in [1.54, 1.807) is 4.57 Å². The Morgan fingerprint density at radius 1 is 1.20 bits per heavy atom. The van der Waals surface area contributed by atoms with Gasteiger partial charge in [0.2, 0.25) is 0 Å². The lowest BCUT2D eigenvalue weighted by Gasteiger charge is -2.14. The maximum atomic E-state index is 13.1. The zero-order valence-corrected chi connectivity index (χ0v) is 15.4. The first kappa shape index (κ1) is 17.5. The second-order valence-electron chi connectivity index (χ2n) is 6.05. The van der Waals surface area contributed by atoms with Crippen LogP contribution in [0.15, 0.2) is 71.1 Å². The van der Waals surface area contributed by atoms with Crippen LogP contribution < -0.4 is 5.56 Å². The summed E-state index contributed by atoms with van der Waals surface area (Å²) >= 11 is 1.52. The first-order valence-corrected chi connectivity index (χ1v) is 9.50. The molecule has 25 heavy (non-hydrogen) atoms. The maximum absolute atomic E-state index is 13.1. The lowest BCUT2D eigenvalue weighted by atomic mass is 9.98. The first-order chi connectivity index (χ1) is 12.2. The molecule has 0 N–H and O–H groups in total. The first-order valence-electron chi connectivity index (χ1n) is 8.51. The summed E-state index contributed by atoms with van der Waals surface area (Å²) in [5.74, 6) is 1.21. The van der Waals surface area contributed by atoms with Crippen LogP contribution in [0.4, 0.5) is 0 Å². The molecular weight excluding hydrogens is 328 g/mol. The van der Waals surface area contributed by atoms with Gasteiger partial charge in [0.1, 0.15) is 0 Å². The van der Waals surface area contributed by atoms with Crippen molar-refractivity contribution < 1.29 is 0 Å². The van der Waals surface area contributed by atoms with Gasteiger partial charge in [0.05, 0.1) is 16.6 Å². The van der Waals surface area contributed by atoms with Crippen LogP contribution in [0.1, 0.15) is 31.7 Å². The molecule has 0 unspecified atom stereocenters. The largest absolute Gasteiger partial charge is 0.268 e. The molecule has 0 bridgehead atoms. The number of benzene rings is 2. The molecule has 1 atom stereocenters. The van der Waals surface area contributed by atoms with Crippen LogP contribution >= 0.6 is 11.8 Å². The third-order valence-corrected chi connectivity index (χ3v) is 5.34. The molecule has 3 aromatic rings. The van der Waals surface area contributed by atoms with Crippen LogP contribution in [0.5, 0.6) is 0 Å². The molecule has 4 heteroatoms. The Morgan fingerprint density at radius 2 is 1.92 bits per heavy atom. The number of hydrogen-bond acceptors (Lipinski definition) is 3. The molecule has 2 aromatic carbocycles. The van der Waals surface area contributed by atoms with Gasteiger partial charge >= 0.3 is 0 Å². The van der Waals surface area contributed by atoms with Crippen molar-refractivity contribution in [1.82, 2.24) is 9.55 Å². The van der Waals surface area contributed by atoms with Crippen molar-refractivity contribution in [1.29, 1.82) is 0 Å². The molecule has 0 saturated carbocycles. The van der Waals surface area contributed by atoms with Crippen LogP contribution in [0, 0.1) is 0 Å². The summed E-state index contributed by atoms with van der Waals surface area (Å²) in [7, 11) is 0. The normalized spacial score (nSPS) is 12.2. The molecule has 3 nitrogen and oxygen atoms in total. The molecule has 0 aliphatic carbocycles. The number of para-hydroxylation sites is 1. The van der Waals surface area contributed by atoms with Gasteiger partial charge < -0.3 is 0 Å². The van der Waals surface area contributed by atoms with Crippen molar-refractivity contribution in [3.05, 3.63) is 77.1 Å². The highest BCUT2D eigenvalue weighted by Crippen LogP contribution is 2.24. The Bertz CT molecular complexity index is 944. The summed E-state index contributed by atoms with van der Waals surface area (Å²) < 4.78 is 1.71. The van der Waals surface area contributed by atoms with Crippen LogP contribution in [0.2, 0.25) is 0 Å². The van der Waals surface area contributed by atoms with Gasteiger partial charge in [-0.2, -0.15) is 0 Å². The predicted molar refractivity (Wildman–Crippen MR) is 107 cm³/mol. The highest BCUT2D eigenvalue weighted by molar-refractivity contribution is 7.99. The van der Waals surface area contributed by atoms with Crippen molar-refractivity contribution >= 4 is 22.7 Å². The van der Waals surface area contributed by atoms with Crippen molar-refractivity contribution in [3.63, 3.8) is 0 Å². The molecule has 0 radical (unpaired) electrons. The Labute approximate surface area is 152 Å². The van der Waals surface area contributed by atoms with Gasteiger partial charge in [0, 0.05) is 5.75 Å². The van der Waals surface area contributed by atoms with E-state index in [1.165, 1.54) is 17.3 Å². The lowest BCUT2D eigenvalue weighted by molar-refractivity contribution is 0.732. The van der Waals surface area contributed by atoms with Gasteiger partial charge in [-0.1, -0.05) is 56.0 Å². The standard InChI is InChI=1S/C21H22N2OS/c1-4-14-25-21-22-19-9-7-6-8-18(19)20(24)23(21)17-12-10-16(11-13-17)15(3)5-2/h4,6-13,15H,1,5,14H2,2-3H3/t15-/m0/s1. The van der Waals surface area contributed by atoms with Crippen molar-refractivity contribution in [3.8, 4) is 5.69 Å². The Balaban J connectivity index is 2.17. The highest BCUT2D eigenvalue weighted by Gasteiger charge is 2.13. The van der Waals surface area contributed by atoms with Gasteiger partial charge in [-0.25, -0.2) is 4.98 Å². The minimum atomic E-state index is -0.0338.